The van der Waals surface area contributed by atoms with Gasteiger partial charge in [0, 0.05) is 18.5 Å². The van der Waals surface area contributed by atoms with E-state index in [1.165, 1.54) is 6.42 Å². The zero-order valence-electron chi connectivity index (χ0n) is 16.4. The number of aliphatic hydroxyl groups excluding tert-OH is 1. The van der Waals surface area contributed by atoms with Gasteiger partial charge in [-0.15, -0.1) is 0 Å². The fourth-order valence-corrected chi connectivity index (χ4v) is 6.22. The Labute approximate surface area is 164 Å². The van der Waals surface area contributed by atoms with Gasteiger partial charge in [-0.05, 0) is 24.8 Å². The second-order valence-electron chi connectivity index (χ2n) is 8.05. The fraction of sp³-hybridized carbons (Fsp3) is 0.636. The van der Waals surface area contributed by atoms with Crippen molar-refractivity contribution in [2.75, 3.05) is 6.54 Å². The highest BCUT2D eigenvalue weighted by molar-refractivity contribution is 7.88. The summed E-state index contributed by atoms with van der Waals surface area (Å²) in [6.45, 7) is 2.54. The average molecular weight is 392 g/mol. The first-order valence-corrected chi connectivity index (χ1v) is 12.0. The second-order valence-corrected chi connectivity index (χ2v) is 9.97. The maximum absolute atomic E-state index is 13.2. The molecular weight excluding hydrogens is 358 g/mol. The van der Waals surface area contributed by atoms with Gasteiger partial charge in [0.05, 0.1) is 11.9 Å². The van der Waals surface area contributed by atoms with Gasteiger partial charge in [-0.2, -0.15) is 4.31 Å². The molecule has 1 N–H and O–H groups in total. The molecule has 5 heteroatoms. The van der Waals surface area contributed by atoms with Gasteiger partial charge in [0.25, 0.3) is 0 Å². The number of rotatable bonds is 6. The Bertz CT molecular complexity index is 729. The molecule has 150 valence electrons. The summed E-state index contributed by atoms with van der Waals surface area (Å²) in [5.41, 5.74) is 1.97. The molecule has 2 aliphatic rings. The molecule has 0 radical (unpaired) electrons. The Morgan fingerprint density at radius 2 is 1.81 bits per heavy atom. The maximum atomic E-state index is 13.2. The quantitative estimate of drug-likeness (QED) is 0.737. The molecule has 0 spiro atoms. The molecule has 1 aliphatic carbocycles. The van der Waals surface area contributed by atoms with Crippen LogP contribution in [0, 0.1) is 5.92 Å². The summed E-state index contributed by atoms with van der Waals surface area (Å²) >= 11 is 0. The first-order chi connectivity index (χ1) is 13.0. The van der Waals surface area contributed by atoms with Crippen LogP contribution in [-0.2, 0) is 15.8 Å². The van der Waals surface area contributed by atoms with Gasteiger partial charge < -0.3 is 5.11 Å². The average Bonchev–Trinajstić information content (AvgIpc) is 3.05. The Morgan fingerprint density at radius 3 is 2.52 bits per heavy atom. The standard InChI is InChI=1S/C22H33NO3S/c1-2-10-22(24)21-14-9-4-3-8-13-20-15-19(21)16-23(20)27(25,26)17-18-11-6-5-7-12-18/h5-7,11-12,15,20-22,24H,2-4,8-10,13-14,16-17H2,1H3. The Kier molecular flexibility index (Phi) is 7.12. The van der Waals surface area contributed by atoms with Crippen molar-refractivity contribution < 1.29 is 13.5 Å². The van der Waals surface area contributed by atoms with E-state index in [1.54, 1.807) is 4.31 Å². The molecule has 3 atom stereocenters. The lowest BCUT2D eigenvalue weighted by Gasteiger charge is -2.26. The van der Waals surface area contributed by atoms with Crippen molar-refractivity contribution in [3.63, 3.8) is 0 Å². The molecule has 0 saturated carbocycles. The highest BCUT2D eigenvalue weighted by atomic mass is 32.2. The van der Waals surface area contributed by atoms with E-state index < -0.39 is 10.0 Å². The minimum atomic E-state index is -3.39. The summed E-state index contributed by atoms with van der Waals surface area (Å²) in [5.74, 6) is 0.149. The van der Waals surface area contributed by atoms with E-state index in [9.17, 15) is 13.5 Å². The largest absolute Gasteiger partial charge is 0.393 e. The predicted octanol–water partition coefficient (Wildman–Crippen LogP) is 4.26. The third kappa shape index (κ3) is 5.21. The highest BCUT2D eigenvalue weighted by Gasteiger charge is 2.37. The summed E-state index contributed by atoms with van der Waals surface area (Å²) in [6, 6.07) is 9.37. The summed E-state index contributed by atoms with van der Waals surface area (Å²) < 4.78 is 28.0. The SMILES string of the molecule is CCCC(O)C1CCCCCCC2C=C1CN2S(=O)(=O)Cc1ccccc1. The fourth-order valence-electron chi connectivity index (χ4n) is 4.51. The van der Waals surface area contributed by atoms with Crippen molar-refractivity contribution in [3.05, 3.63) is 47.5 Å². The van der Waals surface area contributed by atoms with Gasteiger partial charge >= 0.3 is 0 Å². The summed E-state index contributed by atoms with van der Waals surface area (Å²) in [4.78, 5) is 0. The van der Waals surface area contributed by atoms with Crippen LogP contribution >= 0.6 is 0 Å². The van der Waals surface area contributed by atoms with E-state index in [0.717, 1.165) is 56.1 Å². The van der Waals surface area contributed by atoms with Crippen LogP contribution in [0.2, 0.25) is 0 Å². The number of benzene rings is 1. The van der Waals surface area contributed by atoms with E-state index in [-0.39, 0.29) is 23.8 Å². The summed E-state index contributed by atoms with van der Waals surface area (Å²) in [7, 11) is -3.39. The Balaban J connectivity index is 1.82. The molecule has 2 bridgehead atoms. The molecule has 3 unspecified atom stereocenters. The molecule has 1 heterocycles. The molecule has 1 aromatic rings. The van der Waals surface area contributed by atoms with E-state index in [0.29, 0.717) is 6.54 Å². The molecule has 0 amide bonds. The van der Waals surface area contributed by atoms with Crippen molar-refractivity contribution in [3.8, 4) is 0 Å². The molecule has 1 aromatic carbocycles. The van der Waals surface area contributed by atoms with Gasteiger partial charge in [0.1, 0.15) is 0 Å². The van der Waals surface area contributed by atoms with Crippen LogP contribution in [0.15, 0.2) is 42.0 Å². The third-order valence-electron chi connectivity index (χ3n) is 5.95. The monoisotopic (exact) mass is 391 g/mol. The zero-order chi connectivity index (χ0) is 19.3. The van der Waals surface area contributed by atoms with Crippen molar-refractivity contribution in [1.29, 1.82) is 0 Å². The molecule has 0 fully saturated rings. The number of fused-ring (bicyclic) bond motifs is 1. The lowest BCUT2D eigenvalue weighted by molar-refractivity contribution is 0.107. The topological polar surface area (TPSA) is 57.6 Å². The van der Waals surface area contributed by atoms with Gasteiger partial charge in [-0.3, -0.25) is 0 Å². The first kappa shape index (κ1) is 20.6. The van der Waals surface area contributed by atoms with E-state index >= 15 is 0 Å². The third-order valence-corrected chi connectivity index (χ3v) is 7.77. The molecule has 4 nitrogen and oxygen atoms in total. The van der Waals surface area contributed by atoms with Gasteiger partial charge in [-0.1, -0.05) is 81.0 Å². The van der Waals surface area contributed by atoms with Crippen LogP contribution in [0.5, 0.6) is 0 Å². The van der Waals surface area contributed by atoms with E-state index in [1.807, 2.05) is 30.3 Å². The summed E-state index contributed by atoms with van der Waals surface area (Å²) in [5, 5.41) is 10.7. The van der Waals surface area contributed by atoms with Crippen molar-refractivity contribution in [1.82, 2.24) is 4.31 Å². The molecule has 0 saturated heterocycles. The minimum absolute atomic E-state index is 0.0492. The van der Waals surface area contributed by atoms with Crippen LogP contribution < -0.4 is 0 Å². The zero-order valence-corrected chi connectivity index (χ0v) is 17.2. The lowest BCUT2D eigenvalue weighted by Crippen LogP contribution is -2.37. The molecule has 1 aliphatic heterocycles. The normalized spacial score (nSPS) is 25.8. The lowest BCUT2D eigenvalue weighted by atomic mass is 9.85. The van der Waals surface area contributed by atoms with E-state index in [2.05, 4.69) is 13.0 Å². The van der Waals surface area contributed by atoms with Gasteiger partial charge in [-0.25, -0.2) is 8.42 Å². The van der Waals surface area contributed by atoms with Gasteiger partial charge in [0.2, 0.25) is 10.0 Å². The molecule has 0 aromatic heterocycles. The Morgan fingerprint density at radius 1 is 1.11 bits per heavy atom. The van der Waals surface area contributed by atoms with Crippen LogP contribution in [0.1, 0.15) is 63.9 Å². The number of aliphatic hydroxyl groups is 1. The van der Waals surface area contributed by atoms with Crippen LogP contribution in [0.3, 0.4) is 0 Å². The number of nitrogens with zero attached hydrogens (tertiary/aromatic N) is 1. The maximum Gasteiger partial charge on any atom is 0.219 e. The molecular formula is C22H33NO3S. The van der Waals surface area contributed by atoms with Crippen molar-refractivity contribution >= 4 is 10.0 Å². The van der Waals surface area contributed by atoms with Gasteiger partial charge in [0.15, 0.2) is 0 Å². The highest BCUT2D eigenvalue weighted by Crippen LogP contribution is 2.35. The number of sulfonamides is 1. The Hall–Kier alpha value is -1.17. The van der Waals surface area contributed by atoms with E-state index in [4.69, 9.17) is 0 Å². The number of hydrogen-bond donors (Lipinski definition) is 1. The minimum Gasteiger partial charge on any atom is -0.393 e. The smallest absolute Gasteiger partial charge is 0.219 e. The van der Waals surface area contributed by atoms with Crippen LogP contribution in [0.25, 0.3) is 0 Å². The first-order valence-electron chi connectivity index (χ1n) is 10.4. The number of hydrogen-bond acceptors (Lipinski definition) is 3. The molecule has 3 rings (SSSR count). The predicted molar refractivity (Wildman–Crippen MR) is 110 cm³/mol. The van der Waals surface area contributed by atoms with Crippen LogP contribution in [-0.4, -0.2) is 36.5 Å². The van der Waals surface area contributed by atoms with Crippen molar-refractivity contribution in [2.24, 2.45) is 5.92 Å². The summed E-state index contributed by atoms with van der Waals surface area (Å²) in [6.07, 6.45) is 9.87. The molecule has 27 heavy (non-hydrogen) atoms. The second kappa shape index (κ2) is 9.35. The van der Waals surface area contributed by atoms with Crippen molar-refractivity contribution in [2.45, 2.75) is 76.2 Å². The van der Waals surface area contributed by atoms with Crippen LogP contribution in [0.4, 0.5) is 0 Å².